The van der Waals surface area contributed by atoms with E-state index in [0.29, 0.717) is 19.2 Å². The van der Waals surface area contributed by atoms with Crippen LogP contribution < -0.4 is 5.32 Å². The van der Waals surface area contributed by atoms with E-state index in [1.54, 1.807) is 6.92 Å². The van der Waals surface area contributed by atoms with Gasteiger partial charge in [-0.25, -0.2) is 0 Å². The van der Waals surface area contributed by atoms with E-state index in [-0.39, 0.29) is 6.10 Å². The Bertz CT molecular complexity index is 345. The molecule has 0 amide bonds. The zero-order chi connectivity index (χ0) is 12.3. The minimum Gasteiger partial charge on any atom is -0.391 e. The Labute approximate surface area is 107 Å². The van der Waals surface area contributed by atoms with Crippen LogP contribution in [0.2, 0.25) is 5.02 Å². The molecule has 4 heteroatoms. The summed E-state index contributed by atoms with van der Waals surface area (Å²) in [6, 6.07) is 8.18. The van der Waals surface area contributed by atoms with Crippen LogP contribution in [-0.4, -0.2) is 36.5 Å². The van der Waals surface area contributed by atoms with Gasteiger partial charge in [0.05, 0.1) is 18.8 Å². The largest absolute Gasteiger partial charge is 0.391 e. The number of ether oxygens (including phenoxy) is 1. The fraction of sp³-hybridized carbons (Fsp3) is 0.538. The Kier molecular flexibility index (Phi) is 4.40. The predicted molar refractivity (Wildman–Crippen MR) is 68.4 cm³/mol. The first-order valence-corrected chi connectivity index (χ1v) is 6.30. The number of aliphatic hydroxyl groups is 1. The lowest BCUT2D eigenvalue weighted by Gasteiger charge is -2.31. The molecule has 1 aliphatic heterocycles. The van der Waals surface area contributed by atoms with Gasteiger partial charge in [0.1, 0.15) is 0 Å². The van der Waals surface area contributed by atoms with E-state index in [0.717, 1.165) is 11.4 Å². The minimum absolute atomic E-state index is 0.0866. The third-order valence-electron chi connectivity index (χ3n) is 3.05. The molecular weight excluding hydrogens is 238 g/mol. The van der Waals surface area contributed by atoms with E-state index in [9.17, 15) is 5.11 Å². The molecule has 0 spiro atoms. The fourth-order valence-corrected chi connectivity index (χ4v) is 2.11. The quantitative estimate of drug-likeness (QED) is 0.863. The molecule has 94 valence electrons. The van der Waals surface area contributed by atoms with Crippen molar-refractivity contribution < 1.29 is 9.84 Å². The standard InChI is InChI=1S/C13H18ClNO2/c1-9(16)13-7-15-12(8-17-13)6-10-2-4-11(14)5-3-10/h2-5,9,12-13,15-16H,6-8H2,1H3/t9-,12+,13-/m1/s1. The molecule has 1 aromatic rings. The number of rotatable bonds is 3. The highest BCUT2D eigenvalue weighted by molar-refractivity contribution is 6.30. The lowest BCUT2D eigenvalue weighted by atomic mass is 10.0. The average Bonchev–Trinajstić information content (AvgIpc) is 2.33. The van der Waals surface area contributed by atoms with E-state index < -0.39 is 6.10 Å². The molecule has 1 aliphatic rings. The summed E-state index contributed by atoms with van der Waals surface area (Å²) in [5.74, 6) is 0. The molecule has 3 nitrogen and oxygen atoms in total. The zero-order valence-corrected chi connectivity index (χ0v) is 10.7. The van der Waals surface area contributed by atoms with Gasteiger partial charge in [-0.05, 0) is 31.0 Å². The van der Waals surface area contributed by atoms with Gasteiger partial charge in [-0.3, -0.25) is 0 Å². The van der Waals surface area contributed by atoms with E-state index in [4.69, 9.17) is 16.3 Å². The van der Waals surface area contributed by atoms with Crippen molar-refractivity contribution >= 4 is 11.6 Å². The topological polar surface area (TPSA) is 41.5 Å². The van der Waals surface area contributed by atoms with Gasteiger partial charge in [-0.1, -0.05) is 23.7 Å². The Morgan fingerprint density at radius 2 is 2.18 bits per heavy atom. The van der Waals surface area contributed by atoms with Gasteiger partial charge >= 0.3 is 0 Å². The van der Waals surface area contributed by atoms with Crippen molar-refractivity contribution in [3.8, 4) is 0 Å². The Balaban J connectivity index is 1.84. The van der Waals surface area contributed by atoms with Crippen LogP contribution in [0.5, 0.6) is 0 Å². The molecule has 0 bridgehead atoms. The number of halogens is 1. The second-order valence-electron chi connectivity index (χ2n) is 4.55. The maximum atomic E-state index is 9.40. The van der Waals surface area contributed by atoms with Crippen molar-refractivity contribution in [2.24, 2.45) is 0 Å². The number of morpholine rings is 1. The molecule has 0 aliphatic carbocycles. The van der Waals surface area contributed by atoms with Crippen LogP contribution in [0, 0.1) is 0 Å². The van der Waals surface area contributed by atoms with Crippen molar-refractivity contribution in [1.82, 2.24) is 5.32 Å². The van der Waals surface area contributed by atoms with Gasteiger partial charge in [0.15, 0.2) is 0 Å². The number of benzene rings is 1. The summed E-state index contributed by atoms with van der Waals surface area (Å²) in [4.78, 5) is 0. The second-order valence-corrected chi connectivity index (χ2v) is 4.98. The van der Waals surface area contributed by atoms with Crippen LogP contribution in [0.25, 0.3) is 0 Å². The van der Waals surface area contributed by atoms with Crippen LogP contribution in [-0.2, 0) is 11.2 Å². The van der Waals surface area contributed by atoms with Gasteiger partial charge in [-0.2, -0.15) is 0 Å². The van der Waals surface area contributed by atoms with Crippen molar-refractivity contribution in [2.75, 3.05) is 13.2 Å². The van der Waals surface area contributed by atoms with Crippen LogP contribution in [0.1, 0.15) is 12.5 Å². The Morgan fingerprint density at radius 3 is 2.71 bits per heavy atom. The van der Waals surface area contributed by atoms with Gasteiger partial charge in [0.2, 0.25) is 0 Å². The van der Waals surface area contributed by atoms with E-state index >= 15 is 0 Å². The molecule has 0 saturated carbocycles. The predicted octanol–water partition coefficient (Wildman–Crippen LogP) is 1.62. The number of hydrogen-bond donors (Lipinski definition) is 2. The first-order valence-electron chi connectivity index (χ1n) is 5.92. The molecule has 1 fully saturated rings. The molecule has 3 atom stereocenters. The van der Waals surface area contributed by atoms with E-state index in [1.807, 2.05) is 24.3 Å². The SMILES string of the molecule is C[C@@H](O)[C@H]1CN[C@@H](Cc2ccc(Cl)cc2)CO1. The highest BCUT2D eigenvalue weighted by Gasteiger charge is 2.24. The molecule has 0 aromatic heterocycles. The normalized spacial score (nSPS) is 26.8. The first kappa shape index (κ1) is 12.8. The van der Waals surface area contributed by atoms with Crippen molar-refractivity contribution in [1.29, 1.82) is 0 Å². The lowest BCUT2D eigenvalue weighted by Crippen LogP contribution is -2.50. The van der Waals surface area contributed by atoms with Crippen molar-refractivity contribution in [3.63, 3.8) is 0 Å². The lowest BCUT2D eigenvalue weighted by molar-refractivity contribution is -0.0595. The van der Waals surface area contributed by atoms with Crippen LogP contribution >= 0.6 is 11.6 Å². The minimum atomic E-state index is -0.418. The van der Waals surface area contributed by atoms with E-state index in [1.165, 1.54) is 5.56 Å². The summed E-state index contributed by atoms with van der Waals surface area (Å²) in [5, 5.41) is 13.6. The van der Waals surface area contributed by atoms with Gasteiger partial charge in [-0.15, -0.1) is 0 Å². The van der Waals surface area contributed by atoms with Crippen LogP contribution in [0.4, 0.5) is 0 Å². The molecule has 1 saturated heterocycles. The summed E-state index contributed by atoms with van der Waals surface area (Å²) in [5.41, 5.74) is 1.24. The average molecular weight is 256 g/mol. The monoisotopic (exact) mass is 255 g/mol. The fourth-order valence-electron chi connectivity index (χ4n) is 1.99. The highest BCUT2D eigenvalue weighted by Crippen LogP contribution is 2.13. The van der Waals surface area contributed by atoms with Gasteiger partial charge in [0, 0.05) is 17.6 Å². The maximum absolute atomic E-state index is 9.40. The molecular formula is C13H18ClNO2. The van der Waals surface area contributed by atoms with Crippen molar-refractivity contribution in [2.45, 2.75) is 31.6 Å². The zero-order valence-electron chi connectivity index (χ0n) is 9.90. The molecule has 0 radical (unpaired) electrons. The summed E-state index contributed by atoms with van der Waals surface area (Å²) in [6.45, 7) is 3.10. The molecule has 17 heavy (non-hydrogen) atoms. The molecule has 1 aromatic carbocycles. The summed E-state index contributed by atoms with van der Waals surface area (Å²) < 4.78 is 5.61. The maximum Gasteiger partial charge on any atom is 0.0955 e. The molecule has 0 unspecified atom stereocenters. The number of hydrogen-bond acceptors (Lipinski definition) is 3. The van der Waals surface area contributed by atoms with Crippen LogP contribution in [0.3, 0.4) is 0 Å². The Hall–Kier alpha value is -0.610. The molecule has 2 N–H and O–H groups in total. The Morgan fingerprint density at radius 1 is 1.47 bits per heavy atom. The smallest absolute Gasteiger partial charge is 0.0955 e. The van der Waals surface area contributed by atoms with Gasteiger partial charge in [0.25, 0.3) is 0 Å². The van der Waals surface area contributed by atoms with Crippen molar-refractivity contribution in [3.05, 3.63) is 34.9 Å². The first-order chi connectivity index (χ1) is 8.15. The summed E-state index contributed by atoms with van der Waals surface area (Å²) >= 11 is 5.84. The molecule has 2 rings (SSSR count). The molecule has 1 heterocycles. The summed E-state index contributed by atoms with van der Waals surface area (Å²) in [7, 11) is 0. The summed E-state index contributed by atoms with van der Waals surface area (Å²) in [6.07, 6.45) is 0.416. The van der Waals surface area contributed by atoms with Crippen LogP contribution in [0.15, 0.2) is 24.3 Å². The third kappa shape index (κ3) is 3.68. The van der Waals surface area contributed by atoms with E-state index in [2.05, 4.69) is 5.32 Å². The van der Waals surface area contributed by atoms with Gasteiger partial charge < -0.3 is 15.2 Å². The second kappa shape index (κ2) is 5.83. The number of aliphatic hydroxyl groups excluding tert-OH is 1. The number of nitrogens with one attached hydrogen (secondary N) is 1. The highest BCUT2D eigenvalue weighted by atomic mass is 35.5. The third-order valence-corrected chi connectivity index (χ3v) is 3.30.